The Hall–Kier alpha value is -6.81. The van der Waals surface area contributed by atoms with E-state index in [4.69, 9.17) is 23.7 Å². The van der Waals surface area contributed by atoms with E-state index in [1.54, 1.807) is 51.3 Å². The molecule has 4 aromatic carbocycles. The Morgan fingerprint density at radius 3 is 2.13 bits per heavy atom. The molecule has 3 N–H and O–H groups in total. The van der Waals surface area contributed by atoms with Crippen molar-refractivity contribution in [3.63, 3.8) is 0 Å². The molecule has 16 heteroatoms. The molecule has 0 bridgehead atoms. The normalized spacial score (nSPS) is 16.5. The lowest BCUT2D eigenvalue weighted by Gasteiger charge is -2.28. The zero-order valence-electron chi connectivity index (χ0n) is 34.5. The van der Waals surface area contributed by atoms with E-state index in [9.17, 15) is 34.1 Å². The van der Waals surface area contributed by atoms with E-state index in [1.807, 2.05) is 48.5 Å². The Bertz CT molecular complexity index is 2230. The average Bonchev–Trinajstić information content (AvgIpc) is 3.59. The van der Waals surface area contributed by atoms with Gasteiger partial charge in [0.2, 0.25) is 11.8 Å². The van der Waals surface area contributed by atoms with Gasteiger partial charge in [0.05, 0.1) is 18.1 Å². The predicted molar refractivity (Wildman–Crippen MR) is 225 cm³/mol. The summed E-state index contributed by atoms with van der Waals surface area (Å²) in [6, 6.07) is 23.8. The van der Waals surface area contributed by atoms with Gasteiger partial charge in [-0.25, -0.2) is 14.4 Å². The highest BCUT2D eigenvalue weighted by Gasteiger charge is 2.32. The number of non-ortho nitro benzene ring substituents is 1. The van der Waals surface area contributed by atoms with Gasteiger partial charge in [-0.15, -0.1) is 0 Å². The predicted octanol–water partition coefficient (Wildman–Crippen LogP) is 6.80. The summed E-state index contributed by atoms with van der Waals surface area (Å²) in [5, 5.41) is 19.1. The fourth-order valence-corrected chi connectivity index (χ4v) is 7.18. The molecule has 3 radical (unpaired) electrons. The molecule has 0 aromatic heterocycles. The lowest BCUT2D eigenvalue weighted by molar-refractivity contribution is -0.384. The van der Waals surface area contributed by atoms with Crippen LogP contribution < -0.4 is 20.7 Å². The Kier molecular flexibility index (Phi) is 14.9. The summed E-state index contributed by atoms with van der Waals surface area (Å²) in [6.45, 7) is 4.89. The van der Waals surface area contributed by atoms with E-state index in [0.29, 0.717) is 29.7 Å². The van der Waals surface area contributed by atoms with Crippen LogP contribution in [0.25, 0.3) is 11.1 Å². The second-order valence-corrected chi connectivity index (χ2v) is 15.0. The minimum Gasteiger partial charge on any atom is -0.467 e. The molecule has 4 aromatic rings. The third-order valence-corrected chi connectivity index (χ3v) is 10.5. The van der Waals surface area contributed by atoms with E-state index >= 15 is 0 Å². The SMILES string of the molecule is COC(=O)[C@@H]1[CH][CH][CH][C@@H](CCc2cc(NC(=O)[C@H](C)NC(=O)[C@@H](NC(=O)OCC3c4ccccc4-c4ccccc43)C(C)C)ccc2COC(=O)Oc2ccc([N+](=O)[O-])cc2)O1. The number of nitro benzene ring substituents is 1. The molecule has 1 fully saturated rings. The number of amides is 3. The molecule has 0 saturated carbocycles. The van der Waals surface area contributed by atoms with Crippen LogP contribution in [0.3, 0.4) is 0 Å². The van der Waals surface area contributed by atoms with E-state index < -0.39 is 59.2 Å². The van der Waals surface area contributed by atoms with Gasteiger partial charge < -0.3 is 39.6 Å². The van der Waals surface area contributed by atoms with Crippen molar-refractivity contribution in [2.45, 2.75) is 70.4 Å². The number of fused-ring (bicyclic) bond motifs is 3. The quantitative estimate of drug-likeness (QED) is 0.0349. The number of anilines is 1. The molecular formula is C46H47N4O12. The molecule has 2 aliphatic rings. The van der Waals surface area contributed by atoms with Crippen molar-refractivity contribution in [1.82, 2.24) is 10.6 Å². The van der Waals surface area contributed by atoms with Gasteiger partial charge in [0.25, 0.3) is 5.69 Å². The van der Waals surface area contributed by atoms with Gasteiger partial charge >= 0.3 is 18.2 Å². The van der Waals surface area contributed by atoms with E-state index in [0.717, 1.165) is 22.3 Å². The van der Waals surface area contributed by atoms with Crippen LogP contribution in [0.15, 0.2) is 91.0 Å². The van der Waals surface area contributed by atoms with Gasteiger partial charge in [0, 0.05) is 30.2 Å². The van der Waals surface area contributed by atoms with Crippen molar-refractivity contribution in [1.29, 1.82) is 0 Å². The second-order valence-electron chi connectivity index (χ2n) is 15.0. The Morgan fingerprint density at radius 2 is 1.48 bits per heavy atom. The lowest BCUT2D eigenvalue weighted by atomic mass is 9.96. The van der Waals surface area contributed by atoms with Crippen molar-refractivity contribution in [2.24, 2.45) is 5.92 Å². The largest absolute Gasteiger partial charge is 0.514 e. The number of alkyl carbamates (subject to hydrolysis) is 1. The monoisotopic (exact) mass is 847 g/mol. The Morgan fingerprint density at radius 1 is 0.806 bits per heavy atom. The van der Waals surface area contributed by atoms with Crippen molar-refractivity contribution in [3.05, 3.63) is 143 Å². The fraction of sp³-hybridized carbons (Fsp3) is 0.304. The molecule has 0 unspecified atom stereocenters. The molecule has 1 aliphatic heterocycles. The number of methoxy groups -OCH3 is 1. The number of hydrogen-bond donors (Lipinski definition) is 3. The number of esters is 1. The molecular weight excluding hydrogens is 801 g/mol. The van der Waals surface area contributed by atoms with E-state index in [-0.39, 0.29) is 36.5 Å². The van der Waals surface area contributed by atoms with Crippen LogP contribution in [0.5, 0.6) is 5.75 Å². The Labute approximate surface area is 358 Å². The number of carbonyl (C=O) groups excluding carboxylic acids is 5. The number of rotatable bonds is 16. The van der Waals surface area contributed by atoms with Gasteiger partial charge in [0.1, 0.15) is 31.0 Å². The lowest BCUT2D eigenvalue weighted by Crippen LogP contribution is -2.53. The topological polar surface area (TPSA) is 211 Å². The summed E-state index contributed by atoms with van der Waals surface area (Å²) in [6.07, 6.45) is 2.69. The first kappa shape index (κ1) is 44.7. The molecule has 1 saturated heterocycles. The van der Waals surface area contributed by atoms with Crippen LogP contribution in [-0.2, 0) is 46.4 Å². The summed E-state index contributed by atoms with van der Waals surface area (Å²) in [7, 11) is 1.27. The maximum atomic E-state index is 13.5. The first-order valence-electron chi connectivity index (χ1n) is 20.0. The first-order valence-corrected chi connectivity index (χ1v) is 20.0. The molecule has 3 amide bonds. The number of benzene rings is 4. The zero-order valence-corrected chi connectivity index (χ0v) is 34.5. The van der Waals surface area contributed by atoms with Crippen LogP contribution in [0.4, 0.5) is 21.0 Å². The molecule has 1 aliphatic carbocycles. The third-order valence-electron chi connectivity index (χ3n) is 10.5. The number of ether oxygens (including phenoxy) is 5. The summed E-state index contributed by atoms with van der Waals surface area (Å²) in [4.78, 5) is 75.1. The standard InChI is InChI=1S/C46H47N4O12/c1-27(2)41(49-45(54)59-26-39-37-13-7-5-11-35(37)36-12-6-8-14-38(36)39)43(52)47-28(3)42(51)48-31-18-16-30(25-60-46(55)62-34-22-19-32(20-23-34)50(56)57)29(24-31)17-21-33-10-9-15-40(61-33)44(53)58-4/h5-16,18-20,22-24,27-28,33,39-41H,17,21,25-26H2,1-4H3,(H,47,52)(H,48,51)(H,49,54)/t28-,33-,40-,41-/m0/s1. The molecule has 0 spiro atoms. The zero-order chi connectivity index (χ0) is 44.3. The molecule has 1 heterocycles. The second kappa shape index (κ2) is 20.6. The number of hydrogen-bond acceptors (Lipinski definition) is 12. The first-order chi connectivity index (χ1) is 29.8. The summed E-state index contributed by atoms with van der Waals surface area (Å²) in [5.74, 6) is -2.12. The van der Waals surface area contributed by atoms with Crippen LogP contribution in [-0.4, -0.2) is 73.0 Å². The number of aryl methyl sites for hydroxylation is 1. The van der Waals surface area contributed by atoms with Crippen LogP contribution in [0.1, 0.15) is 55.4 Å². The van der Waals surface area contributed by atoms with Gasteiger partial charge in [-0.3, -0.25) is 19.7 Å². The average molecular weight is 848 g/mol. The van der Waals surface area contributed by atoms with Gasteiger partial charge in [-0.05, 0) is 96.2 Å². The van der Waals surface area contributed by atoms with Crippen molar-refractivity contribution in [2.75, 3.05) is 19.0 Å². The maximum absolute atomic E-state index is 13.5. The number of nitrogens with one attached hydrogen (secondary N) is 3. The number of nitrogens with zero attached hydrogens (tertiary/aromatic N) is 1. The number of carbonyl (C=O) groups is 5. The van der Waals surface area contributed by atoms with Crippen LogP contribution in [0.2, 0.25) is 0 Å². The molecule has 6 rings (SSSR count). The fourth-order valence-electron chi connectivity index (χ4n) is 7.18. The summed E-state index contributed by atoms with van der Waals surface area (Å²) in [5.41, 5.74) is 5.72. The highest BCUT2D eigenvalue weighted by molar-refractivity contribution is 5.98. The van der Waals surface area contributed by atoms with Crippen molar-refractivity contribution in [3.8, 4) is 16.9 Å². The van der Waals surface area contributed by atoms with Gasteiger partial charge in [0.15, 0.2) is 6.10 Å². The van der Waals surface area contributed by atoms with Crippen molar-refractivity contribution >= 4 is 41.4 Å². The van der Waals surface area contributed by atoms with Gasteiger partial charge in [-0.2, -0.15) is 0 Å². The minimum atomic E-state index is -1.05. The van der Waals surface area contributed by atoms with E-state index in [2.05, 4.69) is 16.0 Å². The summed E-state index contributed by atoms with van der Waals surface area (Å²) >= 11 is 0. The maximum Gasteiger partial charge on any atom is 0.514 e. The summed E-state index contributed by atoms with van der Waals surface area (Å²) < 4.78 is 26.9. The molecule has 4 atom stereocenters. The smallest absolute Gasteiger partial charge is 0.467 e. The minimum absolute atomic E-state index is 0.0472. The third kappa shape index (κ3) is 11.3. The van der Waals surface area contributed by atoms with Crippen LogP contribution in [0, 0.1) is 35.3 Å². The van der Waals surface area contributed by atoms with Crippen LogP contribution >= 0.6 is 0 Å². The highest BCUT2D eigenvalue weighted by atomic mass is 16.7. The highest BCUT2D eigenvalue weighted by Crippen LogP contribution is 2.44. The van der Waals surface area contributed by atoms with Crippen molar-refractivity contribution < 1.29 is 52.6 Å². The molecule has 323 valence electrons. The number of nitro groups is 1. The molecule has 16 nitrogen and oxygen atoms in total. The van der Waals surface area contributed by atoms with Gasteiger partial charge in [-0.1, -0.05) is 68.4 Å². The molecule has 62 heavy (non-hydrogen) atoms. The Balaban J connectivity index is 1.06. The van der Waals surface area contributed by atoms with E-state index in [1.165, 1.54) is 38.3 Å².